The van der Waals surface area contributed by atoms with Crippen molar-refractivity contribution in [2.75, 3.05) is 5.32 Å². The highest BCUT2D eigenvalue weighted by molar-refractivity contribution is 14.1. The molecule has 5 heteroatoms. The Morgan fingerprint density at radius 3 is 2.68 bits per heavy atom. The maximum absolute atomic E-state index is 11.8. The number of carbonyl (C=O) groups is 2. The van der Waals surface area contributed by atoms with Crippen molar-refractivity contribution in [2.24, 2.45) is 0 Å². The second kappa shape index (κ2) is 6.51. The number of anilines is 1. The third kappa shape index (κ3) is 3.92. The molecule has 0 saturated carbocycles. The molecule has 2 rings (SSSR count). The number of nitrogens with one attached hydrogen (secondary N) is 1. The Kier molecular flexibility index (Phi) is 4.73. The number of hydrogen-bond donors (Lipinski definition) is 1. The molecule has 0 aliphatic carbocycles. The van der Waals surface area contributed by atoms with Gasteiger partial charge in [-0.05, 0) is 59.0 Å². The van der Waals surface area contributed by atoms with E-state index in [1.54, 1.807) is 22.9 Å². The number of rotatable bonds is 5. The van der Waals surface area contributed by atoms with E-state index in [9.17, 15) is 9.59 Å². The summed E-state index contributed by atoms with van der Waals surface area (Å²) in [5.74, 6) is -0.0632. The Morgan fingerprint density at radius 2 is 2.00 bits per heavy atom. The zero-order valence-corrected chi connectivity index (χ0v) is 12.3. The molecule has 98 valence electrons. The van der Waals surface area contributed by atoms with Crippen LogP contribution in [0, 0.1) is 3.57 Å². The smallest absolute Gasteiger partial charge is 0.226 e. The van der Waals surface area contributed by atoms with Gasteiger partial charge in [-0.15, -0.1) is 0 Å². The SMILES string of the molecule is O=Cc1cccn1CCC(=O)Nc1ccc(I)cc1. The van der Waals surface area contributed by atoms with Crippen molar-refractivity contribution in [1.29, 1.82) is 0 Å². The van der Waals surface area contributed by atoms with Gasteiger partial charge in [0.2, 0.25) is 5.91 Å². The van der Waals surface area contributed by atoms with E-state index in [4.69, 9.17) is 0 Å². The van der Waals surface area contributed by atoms with E-state index in [0.717, 1.165) is 15.5 Å². The van der Waals surface area contributed by atoms with Crippen molar-refractivity contribution < 1.29 is 9.59 Å². The van der Waals surface area contributed by atoms with E-state index in [2.05, 4.69) is 27.9 Å². The summed E-state index contributed by atoms with van der Waals surface area (Å²) in [5.41, 5.74) is 1.37. The van der Waals surface area contributed by atoms with Crippen LogP contribution in [0.1, 0.15) is 16.9 Å². The summed E-state index contributed by atoms with van der Waals surface area (Å²) in [5, 5.41) is 2.83. The normalized spacial score (nSPS) is 10.2. The van der Waals surface area contributed by atoms with Crippen molar-refractivity contribution >= 4 is 40.5 Å². The molecule has 0 atom stereocenters. The van der Waals surface area contributed by atoms with E-state index >= 15 is 0 Å². The zero-order valence-electron chi connectivity index (χ0n) is 10.2. The molecule has 0 bridgehead atoms. The van der Waals surface area contributed by atoms with E-state index in [-0.39, 0.29) is 5.91 Å². The molecule has 4 nitrogen and oxygen atoms in total. The van der Waals surface area contributed by atoms with Crippen LogP contribution < -0.4 is 5.32 Å². The van der Waals surface area contributed by atoms with Crippen LogP contribution in [0.15, 0.2) is 42.6 Å². The lowest BCUT2D eigenvalue weighted by Crippen LogP contribution is -2.15. The van der Waals surface area contributed by atoms with E-state index in [1.165, 1.54) is 0 Å². The summed E-state index contributed by atoms with van der Waals surface area (Å²) < 4.78 is 2.89. The van der Waals surface area contributed by atoms with Gasteiger partial charge in [0.1, 0.15) is 0 Å². The molecule has 1 aromatic carbocycles. The number of nitrogens with zero attached hydrogens (tertiary/aromatic N) is 1. The second-order valence-electron chi connectivity index (χ2n) is 4.05. The molecule has 0 aliphatic rings. The van der Waals surface area contributed by atoms with Crippen LogP contribution in [0.5, 0.6) is 0 Å². The molecule has 0 unspecified atom stereocenters. The Morgan fingerprint density at radius 1 is 1.26 bits per heavy atom. The van der Waals surface area contributed by atoms with Gasteiger partial charge in [0, 0.05) is 28.4 Å². The number of carbonyl (C=O) groups excluding carboxylic acids is 2. The minimum atomic E-state index is -0.0632. The quantitative estimate of drug-likeness (QED) is 0.652. The van der Waals surface area contributed by atoms with Crippen LogP contribution in [-0.4, -0.2) is 16.8 Å². The Bertz CT molecular complexity index is 575. The number of hydrogen-bond acceptors (Lipinski definition) is 2. The molecular weight excluding hydrogens is 355 g/mol. The van der Waals surface area contributed by atoms with Crippen LogP contribution in [-0.2, 0) is 11.3 Å². The lowest BCUT2D eigenvalue weighted by atomic mass is 10.3. The number of halogens is 1. The van der Waals surface area contributed by atoms with Crippen molar-refractivity contribution in [3.05, 3.63) is 51.9 Å². The van der Waals surface area contributed by atoms with Crippen molar-refractivity contribution in [1.82, 2.24) is 4.57 Å². The van der Waals surface area contributed by atoms with Gasteiger partial charge in [0.15, 0.2) is 6.29 Å². The topological polar surface area (TPSA) is 51.1 Å². The van der Waals surface area contributed by atoms with Gasteiger partial charge in [-0.2, -0.15) is 0 Å². The summed E-state index contributed by atoms with van der Waals surface area (Å²) in [4.78, 5) is 22.5. The monoisotopic (exact) mass is 368 g/mol. The van der Waals surface area contributed by atoms with Gasteiger partial charge < -0.3 is 9.88 Å². The molecule has 0 fully saturated rings. The fourth-order valence-corrected chi connectivity index (χ4v) is 2.08. The van der Waals surface area contributed by atoms with Crippen LogP contribution in [0.4, 0.5) is 5.69 Å². The molecule has 1 aromatic heterocycles. The van der Waals surface area contributed by atoms with E-state index < -0.39 is 0 Å². The fraction of sp³-hybridized carbons (Fsp3) is 0.143. The summed E-state index contributed by atoms with van der Waals surface area (Å²) in [6.07, 6.45) is 2.92. The molecule has 1 N–H and O–H groups in total. The lowest BCUT2D eigenvalue weighted by Gasteiger charge is -2.07. The highest BCUT2D eigenvalue weighted by Crippen LogP contribution is 2.11. The first-order valence-corrected chi connectivity index (χ1v) is 6.92. The van der Waals surface area contributed by atoms with Gasteiger partial charge >= 0.3 is 0 Å². The summed E-state index contributed by atoms with van der Waals surface area (Å²) in [6.45, 7) is 0.497. The summed E-state index contributed by atoms with van der Waals surface area (Å²) in [6, 6.07) is 11.1. The number of amides is 1. The summed E-state index contributed by atoms with van der Waals surface area (Å²) >= 11 is 2.21. The predicted molar refractivity (Wildman–Crippen MR) is 82.2 cm³/mol. The molecule has 0 spiro atoms. The van der Waals surface area contributed by atoms with Crippen LogP contribution >= 0.6 is 22.6 Å². The largest absolute Gasteiger partial charge is 0.345 e. The first kappa shape index (κ1) is 13.8. The maximum Gasteiger partial charge on any atom is 0.226 e. The lowest BCUT2D eigenvalue weighted by molar-refractivity contribution is -0.116. The van der Waals surface area contributed by atoms with Crippen molar-refractivity contribution in [3.8, 4) is 0 Å². The highest BCUT2D eigenvalue weighted by Gasteiger charge is 2.05. The van der Waals surface area contributed by atoms with Gasteiger partial charge in [-0.1, -0.05) is 0 Å². The molecule has 0 aliphatic heterocycles. The second-order valence-corrected chi connectivity index (χ2v) is 5.30. The van der Waals surface area contributed by atoms with Crippen molar-refractivity contribution in [2.45, 2.75) is 13.0 Å². The molecule has 19 heavy (non-hydrogen) atoms. The van der Waals surface area contributed by atoms with Gasteiger partial charge in [-0.25, -0.2) is 0 Å². The first-order valence-electron chi connectivity index (χ1n) is 5.85. The average molecular weight is 368 g/mol. The Hall–Kier alpha value is -1.63. The van der Waals surface area contributed by atoms with E-state index in [0.29, 0.717) is 18.7 Å². The number of aromatic nitrogens is 1. The highest BCUT2D eigenvalue weighted by atomic mass is 127. The van der Waals surface area contributed by atoms with Crippen molar-refractivity contribution in [3.63, 3.8) is 0 Å². The first-order chi connectivity index (χ1) is 9.19. The van der Waals surface area contributed by atoms with Crippen LogP contribution in [0.25, 0.3) is 0 Å². The molecule has 0 radical (unpaired) electrons. The maximum atomic E-state index is 11.8. The number of aldehydes is 1. The molecule has 1 heterocycles. The van der Waals surface area contributed by atoms with Crippen LogP contribution in [0.2, 0.25) is 0 Å². The fourth-order valence-electron chi connectivity index (χ4n) is 1.72. The third-order valence-electron chi connectivity index (χ3n) is 2.69. The van der Waals surface area contributed by atoms with Gasteiger partial charge in [-0.3, -0.25) is 9.59 Å². The number of aryl methyl sites for hydroxylation is 1. The van der Waals surface area contributed by atoms with Crippen LogP contribution in [0.3, 0.4) is 0 Å². The summed E-state index contributed by atoms with van der Waals surface area (Å²) in [7, 11) is 0. The molecular formula is C14H13IN2O2. The van der Waals surface area contributed by atoms with Gasteiger partial charge in [0.25, 0.3) is 0 Å². The average Bonchev–Trinajstić information content (AvgIpc) is 2.86. The zero-order chi connectivity index (χ0) is 13.7. The number of benzene rings is 1. The Balaban J connectivity index is 1.88. The third-order valence-corrected chi connectivity index (χ3v) is 3.41. The standard InChI is InChI=1S/C14H13IN2O2/c15-11-3-5-12(6-4-11)16-14(19)7-9-17-8-1-2-13(17)10-18/h1-6,8,10H,7,9H2,(H,16,19). The van der Waals surface area contributed by atoms with E-state index in [1.807, 2.05) is 24.3 Å². The minimum Gasteiger partial charge on any atom is -0.345 e. The van der Waals surface area contributed by atoms with Gasteiger partial charge in [0.05, 0.1) is 5.69 Å². The molecule has 2 aromatic rings. The molecule has 0 saturated heterocycles. The molecule has 1 amide bonds. The minimum absolute atomic E-state index is 0.0632. The predicted octanol–water partition coefficient (Wildman–Crippen LogP) is 2.93. The Labute approximate surface area is 125 Å².